The van der Waals surface area contributed by atoms with E-state index in [9.17, 15) is 0 Å². The van der Waals surface area contributed by atoms with Gasteiger partial charge in [0.2, 0.25) is 0 Å². The Morgan fingerprint density at radius 3 is 1.93 bits per heavy atom. The molecule has 1 saturated carbocycles. The molecular weight excluding hydrogens is 206 g/mol. The Balaban J connectivity index is 0.000000722. The summed E-state index contributed by atoms with van der Waals surface area (Å²) in [5.74, 6) is 0. The number of halogens is 1. The van der Waals surface area contributed by atoms with E-state index < -0.39 is 0 Å². The van der Waals surface area contributed by atoms with E-state index in [2.05, 4.69) is 41.3 Å². The second kappa shape index (κ2) is 3.10. The van der Waals surface area contributed by atoms with Crippen molar-refractivity contribution >= 4 is 12.4 Å². The van der Waals surface area contributed by atoms with Crippen LogP contribution in [0.4, 0.5) is 0 Å². The van der Waals surface area contributed by atoms with E-state index >= 15 is 0 Å². The third-order valence-electron chi connectivity index (χ3n) is 3.72. The molecule has 1 fully saturated rings. The number of fused-ring (bicyclic) bond motifs is 5. The highest BCUT2D eigenvalue weighted by Crippen LogP contribution is 2.53. The number of hydrogen-bond donors (Lipinski definition) is 0. The molecule has 0 radical (unpaired) electrons. The Morgan fingerprint density at radius 1 is 0.933 bits per heavy atom. The molecule has 0 spiro atoms. The Bertz CT molecular complexity index is 389. The van der Waals surface area contributed by atoms with E-state index in [1.807, 2.05) is 0 Å². The van der Waals surface area contributed by atoms with Crippen molar-refractivity contribution in [1.82, 2.24) is 4.90 Å². The Hall–Kier alpha value is -0.790. The summed E-state index contributed by atoms with van der Waals surface area (Å²) in [6.45, 7) is 0. The van der Waals surface area contributed by atoms with Gasteiger partial charge < -0.3 is 0 Å². The first-order chi connectivity index (χ1) is 6.95. The molecule has 0 amide bonds. The van der Waals surface area contributed by atoms with Crippen LogP contribution >= 0.6 is 12.4 Å². The summed E-state index contributed by atoms with van der Waals surface area (Å²) in [4.78, 5) is 2.69. The van der Waals surface area contributed by atoms with E-state index in [1.165, 1.54) is 12.8 Å². The predicted molar refractivity (Wildman–Crippen MR) is 63.2 cm³/mol. The fourth-order valence-corrected chi connectivity index (χ4v) is 2.99. The van der Waals surface area contributed by atoms with Gasteiger partial charge in [0.05, 0.1) is 12.1 Å². The second-order valence-corrected chi connectivity index (χ2v) is 4.58. The maximum atomic E-state index is 2.69. The number of nitrogens with zero attached hydrogens (tertiary/aromatic N) is 1. The summed E-state index contributed by atoms with van der Waals surface area (Å²) in [5, 5.41) is 0. The van der Waals surface area contributed by atoms with Crippen molar-refractivity contribution in [3.8, 4) is 0 Å². The van der Waals surface area contributed by atoms with Crippen LogP contribution in [0.1, 0.15) is 36.1 Å². The Kier molecular flexibility index (Phi) is 1.95. The molecule has 3 aliphatic rings. The lowest BCUT2D eigenvalue weighted by Crippen LogP contribution is -2.22. The first kappa shape index (κ1) is 9.44. The standard InChI is InChI=1S/C13H13N.ClH/c1-2-4-11-10(3-1)12-7-8-13(11)14(12)9-5-6-9;/h1-4,7-9,12-13H,5-6H2;1H. The molecule has 1 aromatic carbocycles. The van der Waals surface area contributed by atoms with Crippen LogP contribution in [-0.4, -0.2) is 10.9 Å². The molecular formula is C13H14ClN. The van der Waals surface area contributed by atoms with Gasteiger partial charge in [-0.05, 0) is 24.0 Å². The fourth-order valence-electron chi connectivity index (χ4n) is 2.99. The van der Waals surface area contributed by atoms with Gasteiger partial charge in [0.1, 0.15) is 0 Å². The minimum atomic E-state index is 0. The molecule has 2 heteroatoms. The minimum absolute atomic E-state index is 0. The lowest BCUT2D eigenvalue weighted by molar-refractivity contribution is 0.228. The van der Waals surface area contributed by atoms with E-state index in [0.29, 0.717) is 12.1 Å². The second-order valence-electron chi connectivity index (χ2n) is 4.58. The van der Waals surface area contributed by atoms with Gasteiger partial charge in [-0.3, -0.25) is 4.90 Å². The molecule has 1 aliphatic carbocycles. The van der Waals surface area contributed by atoms with Gasteiger partial charge in [0, 0.05) is 6.04 Å². The van der Waals surface area contributed by atoms with Crippen molar-refractivity contribution < 1.29 is 0 Å². The first-order valence-corrected chi connectivity index (χ1v) is 5.50. The lowest BCUT2D eigenvalue weighted by atomic mass is 9.97. The van der Waals surface area contributed by atoms with Crippen molar-refractivity contribution in [3.63, 3.8) is 0 Å². The van der Waals surface area contributed by atoms with Gasteiger partial charge in [0.25, 0.3) is 0 Å². The summed E-state index contributed by atoms with van der Waals surface area (Å²) in [7, 11) is 0. The molecule has 15 heavy (non-hydrogen) atoms. The summed E-state index contributed by atoms with van der Waals surface area (Å²) in [6, 6.07) is 11.0. The van der Waals surface area contributed by atoms with Crippen molar-refractivity contribution in [2.75, 3.05) is 0 Å². The molecule has 78 valence electrons. The highest BCUT2D eigenvalue weighted by Gasteiger charge is 2.46. The highest BCUT2D eigenvalue weighted by molar-refractivity contribution is 5.85. The van der Waals surface area contributed by atoms with Crippen LogP contribution in [-0.2, 0) is 0 Å². The van der Waals surface area contributed by atoms with Crippen molar-refractivity contribution in [2.45, 2.75) is 31.0 Å². The number of rotatable bonds is 1. The highest BCUT2D eigenvalue weighted by atomic mass is 35.5. The maximum absolute atomic E-state index is 2.69. The maximum Gasteiger partial charge on any atom is 0.0547 e. The normalized spacial score (nSPS) is 31.5. The van der Waals surface area contributed by atoms with Crippen molar-refractivity contribution in [2.24, 2.45) is 0 Å². The molecule has 1 aromatic rings. The third kappa shape index (κ3) is 1.14. The monoisotopic (exact) mass is 219 g/mol. The number of benzene rings is 1. The third-order valence-corrected chi connectivity index (χ3v) is 3.72. The van der Waals surface area contributed by atoms with Gasteiger partial charge in [-0.1, -0.05) is 36.4 Å². The molecule has 2 unspecified atom stereocenters. The van der Waals surface area contributed by atoms with E-state index in [4.69, 9.17) is 0 Å². The molecule has 0 aromatic heterocycles. The summed E-state index contributed by atoms with van der Waals surface area (Å²) in [5.41, 5.74) is 3.10. The topological polar surface area (TPSA) is 3.24 Å². The van der Waals surface area contributed by atoms with E-state index in [1.54, 1.807) is 11.1 Å². The SMILES string of the molecule is C1=CC2c3ccccc3C1N2C1CC1.Cl. The molecule has 0 saturated heterocycles. The Labute approximate surface area is 96.2 Å². The predicted octanol–water partition coefficient (Wildman–Crippen LogP) is 3.24. The summed E-state index contributed by atoms with van der Waals surface area (Å²) >= 11 is 0. The summed E-state index contributed by atoms with van der Waals surface area (Å²) in [6.07, 6.45) is 7.57. The average molecular weight is 220 g/mol. The van der Waals surface area contributed by atoms with Crippen LogP contribution in [0.5, 0.6) is 0 Å². The fraction of sp³-hybridized carbons (Fsp3) is 0.385. The minimum Gasteiger partial charge on any atom is -0.279 e. The molecule has 2 atom stereocenters. The van der Waals surface area contributed by atoms with E-state index in [-0.39, 0.29) is 12.4 Å². The molecule has 1 nitrogen and oxygen atoms in total. The van der Waals surface area contributed by atoms with Gasteiger partial charge in [-0.25, -0.2) is 0 Å². The number of hydrogen-bond acceptors (Lipinski definition) is 1. The van der Waals surface area contributed by atoms with Gasteiger partial charge in [-0.2, -0.15) is 0 Å². The molecule has 2 heterocycles. The van der Waals surface area contributed by atoms with Crippen molar-refractivity contribution in [3.05, 3.63) is 47.5 Å². The molecule has 4 rings (SSSR count). The van der Waals surface area contributed by atoms with Gasteiger partial charge in [0.15, 0.2) is 0 Å². The Morgan fingerprint density at radius 2 is 1.47 bits per heavy atom. The van der Waals surface area contributed by atoms with Gasteiger partial charge >= 0.3 is 0 Å². The van der Waals surface area contributed by atoms with Crippen LogP contribution in [0.25, 0.3) is 0 Å². The van der Waals surface area contributed by atoms with Crippen LogP contribution in [0.3, 0.4) is 0 Å². The van der Waals surface area contributed by atoms with E-state index in [0.717, 1.165) is 6.04 Å². The quantitative estimate of drug-likeness (QED) is 0.656. The van der Waals surface area contributed by atoms with Crippen LogP contribution in [0.15, 0.2) is 36.4 Å². The molecule has 0 N–H and O–H groups in total. The smallest absolute Gasteiger partial charge is 0.0547 e. The zero-order chi connectivity index (χ0) is 9.12. The first-order valence-electron chi connectivity index (χ1n) is 5.50. The van der Waals surface area contributed by atoms with Gasteiger partial charge in [-0.15, -0.1) is 12.4 Å². The van der Waals surface area contributed by atoms with Crippen LogP contribution in [0, 0.1) is 0 Å². The zero-order valence-electron chi connectivity index (χ0n) is 8.47. The lowest BCUT2D eigenvalue weighted by Gasteiger charge is -2.21. The molecule has 2 aliphatic heterocycles. The molecule has 2 bridgehead atoms. The largest absolute Gasteiger partial charge is 0.279 e. The average Bonchev–Trinajstić information content (AvgIpc) is 2.93. The van der Waals surface area contributed by atoms with Crippen LogP contribution < -0.4 is 0 Å². The summed E-state index contributed by atoms with van der Waals surface area (Å²) < 4.78 is 0. The van der Waals surface area contributed by atoms with Crippen molar-refractivity contribution in [1.29, 1.82) is 0 Å². The van der Waals surface area contributed by atoms with Crippen LogP contribution in [0.2, 0.25) is 0 Å². The zero-order valence-corrected chi connectivity index (χ0v) is 9.28.